The van der Waals surface area contributed by atoms with E-state index >= 15 is 0 Å². The number of rotatable bonds is 5. The van der Waals surface area contributed by atoms with E-state index < -0.39 is 0 Å². The molecule has 0 saturated heterocycles. The number of aromatic nitrogens is 2. The van der Waals surface area contributed by atoms with Gasteiger partial charge in [0.25, 0.3) is 0 Å². The first-order chi connectivity index (χ1) is 11.1. The number of nitrogens with zero attached hydrogens (tertiary/aromatic N) is 2. The maximum Gasteiger partial charge on any atom is 0.207 e. The molecule has 118 valence electrons. The quantitative estimate of drug-likeness (QED) is 0.703. The van der Waals surface area contributed by atoms with E-state index in [0.29, 0.717) is 23.0 Å². The monoisotopic (exact) mass is 347 g/mol. The summed E-state index contributed by atoms with van der Waals surface area (Å²) >= 11 is 12.3. The largest absolute Gasteiger partial charge is 0.349 e. The normalized spacial score (nSPS) is 12.3. The molecule has 3 aromatic rings. The van der Waals surface area contributed by atoms with Crippen LogP contribution in [0.2, 0.25) is 10.0 Å². The van der Waals surface area contributed by atoms with E-state index in [9.17, 15) is 4.79 Å². The van der Waals surface area contributed by atoms with Crippen LogP contribution in [-0.4, -0.2) is 16.0 Å². The number of para-hydroxylation sites is 2. The molecule has 1 unspecified atom stereocenters. The predicted octanol–water partition coefficient (Wildman–Crippen LogP) is 4.20. The van der Waals surface area contributed by atoms with E-state index in [1.54, 1.807) is 6.07 Å². The first kappa shape index (κ1) is 15.8. The summed E-state index contributed by atoms with van der Waals surface area (Å²) in [5, 5.41) is 3.97. The van der Waals surface area contributed by atoms with E-state index in [0.717, 1.165) is 22.4 Å². The topological polar surface area (TPSA) is 46.9 Å². The van der Waals surface area contributed by atoms with Crippen LogP contribution in [0.4, 0.5) is 0 Å². The molecule has 0 saturated carbocycles. The van der Waals surface area contributed by atoms with Crippen molar-refractivity contribution in [2.24, 2.45) is 0 Å². The minimum absolute atomic E-state index is 0.203. The molecule has 0 aliphatic carbocycles. The lowest BCUT2D eigenvalue weighted by Gasteiger charge is -2.15. The summed E-state index contributed by atoms with van der Waals surface area (Å²) in [4.78, 5) is 15.4. The van der Waals surface area contributed by atoms with Crippen molar-refractivity contribution in [2.75, 3.05) is 0 Å². The molecule has 0 spiro atoms. The molecule has 0 aliphatic heterocycles. The van der Waals surface area contributed by atoms with Gasteiger partial charge in [-0.15, -0.1) is 0 Å². The van der Waals surface area contributed by atoms with Crippen LogP contribution in [0.5, 0.6) is 0 Å². The van der Waals surface area contributed by atoms with Crippen molar-refractivity contribution in [3.8, 4) is 0 Å². The molecule has 1 heterocycles. The minimum Gasteiger partial charge on any atom is -0.349 e. The van der Waals surface area contributed by atoms with Gasteiger partial charge in [-0.2, -0.15) is 0 Å². The number of benzene rings is 2. The number of carbonyl (C=O) groups is 1. The second kappa shape index (κ2) is 6.60. The third kappa shape index (κ3) is 3.19. The summed E-state index contributed by atoms with van der Waals surface area (Å²) in [6.45, 7) is 2.45. The number of carbonyl (C=O) groups excluding carboxylic acids is 1. The smallest absolute Gasteiger partial charge is 0.207 e. The Morgan fingerprint density at radius 3 is 2.78 bits per heavy atom. The highest BCUT2D eigenvalue weighted by atomic mass is 35.5. The number of halogens is 2. The molecule has 1 aromatic heterocycles. The molecule has 6 heteroatoms. The Morgan fingerprint density at radius 2 is 2.04 bits per heavy atom. The van der Waals surface area contributed by atoms with E-state index in [1.807, 2.05) is 43.3 Å². The Bertz CT molecular complexity index is 860. The molecule has 3 rings (SSSR count). The van der Waals surface area contributed by atoms with Crippen LogP contribution < -0.4 is 5.32 Å². The van der Waals surface area contributed by atoms with Gasteiger partial charge in [0.1, 0.15) is 5.82 Å². The summed E-state index contributed by atoms with van der Waals surface area (Å²) in [5.41, 5.74) is 2.82. The lowest BCUT2D eigenvalue weighted by molar-refractivity contribution is -0.110. The Kier molecular flexibility index (Phi) is 4.55. The Labute approximate surface area is 144 Å². The summed E-state index contributed by atoms with van der Waals surface area (Å²) < 4.78 is 2.06. The van der Waals surface area contributed by atoms with Gasteiger partial charge >= 0.3 is 0 Å². The van der Waals surface area contributed by atoms with Crippen LogP contribution in [0.25, 0.3) is 11.0 Å². The van der Waals surface area contributed by atoms with Crippen molar-refractivity contribution in [3.05, 3.63) is 63.9 Å². The van der Waals surface area contributed by atoms with Gasteiger partial charge in [-0.05, 0) is 36.8 Å². The summed E-state index contributed by atoms with van der Waals surface area (Å²) in [6.07, 6.45) is 0.684. The molecule has 0 radical (unpaired) electrons. The zero-order valence-corrected chi connectivity index (χ0v) is 14.0. The average molecular weight is 348 g/mol. The SMILES string of the molecule is CC(NC=O)c1nc2ccccc2n1Cc1ccc(Cl)cc1Cl. The van der Waals surface area contributed by atoms with Crippen molar-refractivity contribution >= 4 is 40.6 Å². The Morgan fingerprint density at radius 1 is 1.26 bits per heavy atom. The van der Waals surface area contributed by atoms with Crippen LogP contribution in [0.1, 0.15) is 24.4 Å². The third-order valence-electron chi connectivity index (χ3n) is 3.73. The fraction of sp³-hybridized carbons (Fsp3) is 0.176. The maximum atomic E-state index is 10.8. The fourth-order valence-corrected chi connectivity index (χ4v) is 3.06. The highest BCUT2D eigenvalue weighted by Crippen LogP contribution is 2.26. The van der Waals surface area contributed by atoms with Crippen molar-refractivity contribution < 1.29 is 4.79 Å². The number of fused-ring (bicyclic) bond motifs is 1. The number of hydrogen-bond donors (Lipinski definition) is 1. The summed E-state index contributed by atoms with van der Waals surface area (Å²) in [5.74, 6) is 0.782. The standard InChI is InChI=1S/C17H15Cl2N3O/c1-11(20-10-23)17-21-15-4-2-3-5-16(15)22(17)9-12-6-7-13(18)8-14(12)19/h2-8,10-11H,9H2,1H3,(H,20,23). The first-order valence-electron chi connectivity index (χ1n) is 7.19. The number of nitrogens with one attached hydrogen (secondary N) is 1. The highest BCUT2D eigenvalue weighted by Gasteiger charge is 2.17. The second-order valence-electron chi connectivity index (χ2n) is 5.29. The zero-order valence-electron chi connectivity index (χ0n) is 12.5. The molecular weight excluding hydrogens is 333 g/mol. The molecular formula is C17H15Cl2N3O. The molecule has 0 aliphatic rings. The predicted molar refractivity (Wildman–Crippen MR) is 92.9 cm³/mol. The molecule has 0 bridgehead atoms. The van der Waals surface area contributed by atoms with Gasteiger partial charge in [0.05, 0.1) is 23.6 Å². The lowest BCUT2D eigenvalue weighted by Crippen LogP contribution is -2.20. The molecule has 1 amide bonds. The number of hydrogen-bond acceptors (Lipinski definition) is 2. The van der Waals surface area contributed by atoms with Crippen LogP contribution >= 0.6 is 23.2 Å². The zero-order chi connectivity index (χ0) is 16.4. The molecule has 2 aromatic carbocycles. The maximum absolute atomic E-state index is 10.8. The van der Waals surface area contributed by atoms with E-state index in [-0.39, 0.29) is 6.04 Å². The van der Waals surface area contributed by atoms with E-state index in [2.05, 4.69) is 14.9 Å². The van der Waals surface area contributed by atoms with Crippen molar-refractivity contribution in [3.63, 3.8) is 0 Å². The number of amides is 1. The average Bonchev–Trinajstić information content (AvgIpc) is 2.89. The van der Waals surface area contributed by atoms with Gasteiger partial charge in [0, 0.05) is 10.0 Å². The van der Waals surface area contributed by atoms with Gasteiger partial charge in [-0.1, -0.05) is 41.4 Å². The van der Waals surface area contributed by atoms with Gasteiger partial charge in [0.15, 0.2) is 0 Å². The Balaban J connectivity index is 2.10. The molecule has 23 heavy (non-hydrogen) atoms. The van der Waals surface area contributed by atoms with Crippen molar-refractivity contribution in [1.29, 1.82) is 0 Å². The van der Waals surface area contributed by atoms with Crippen molar-refractivity contribution in [1.82, 2.24) is 14.9 Å². The van der Waals surface area contributed by atoms with Crippen LogP contribution in [-0.2, 0) is 11.3 Å². The minimum atomic E-state index is -0.203. The summed E-state index contributed by atoms with van der Waals surface area (Å²) in [6, 6.07) is 13.1. The van der Waals surface area contributed by atoms with Crippen molar-refractivity contribution in [2.45, 2.75) is 19.5 Å². The molecule has 1 N–H and O–H groups in total. The van der Waals surface area contributed by atoms with E-state index in [1.165, 1.54) is 0 Å². The van der Waals surface area contributed by atoms with Crippen LogP contribution in [0.15, 0.2) is 42.5 Å². The van der Waals surface area contributed by atoms with Gasteiger partial charge in [-0.3, -0.25) is 4.79 Å². The first-order valence-corrected chi connectivity index (χ1v) is 7.94. The molecule has 4 nitrogen and oxygen atoms in total. The summed E-state index contributed by atoms with van der Waals surface area (Å²) in [7, 11) is 0. The second-order valence-corrected chi connectivity index (χ2v) is 6.13. The molecule has 0 fully saturated rings. The lowest BCUT2D eigenvalue weighted by atomic mass is 10.2. The van der Waals surface area contributed by atoms with Crippen LogP contribution in [0, 0.1) is 0 Å². The third-order valence-corrected chi connectivity index (χ3v) is 4.32. The van der Waals surface area contributed by atoms with Gasteiger partial charge in [-0.25, -0.2) is 4.98 Å². The number of imidazole rings is 1. The highest BCUT2D eigenvalue weighted by molar-refractivity contribution is 6.35. The molecule has 1 atom stereocenters. The van der Waals surface area contributed by atoms with Gasteiger partial charge in [0.2, 0.25) is 6.41 Å². The Hall–Kier alpha value is -2.04. The van der Waals surface area contributed by atoms with Gasteiger partial charge < -0.3 is 9.88 Å². The fourth-order valence-electron chi connectivity index (χ4n) is 2.59. The van der Waals surface area contributed by atoms with E-state index in [4.69, 9.17) is 23.2 Å². The van der Waals surface area contributed by atoms with Crippen LogP contribution in [0.3, 0.4) is 0 Å².